The van der Waals surface area contributed by atoms with Crippen LogP contribution in [0.1, 0.15) is 32.1 Å². The van der Waals surface area contributed by atoms with Gasteiger partial charge in [-0.25, -0.2) is 0 Å². The van der Waals surface area contributed by atoms with Gasteiger partial charge in [0.2, 0.25) is 5.91 Å². The fourth-order valence-corrected chi connectivity index (χ4v) is 2.30. The summed E-state index contributed by atoms with van der Waals surface area (Å²) in [5.41, 5.74) is 5.64. The van der Waals surface area contributed by atoms with Crippen molar-refractivity contribution in [3.8, 4) is 0 Å². The van der Waals surface area contributed by atoms with Gasteiger partial charge in [0.1, 0.15) is 0 Å². The molecule has 3 heteroatoms. The maximum absolute atomic E-state index is 11.8. The summed E-state index contributed by atoms with van der Waals surface area (Å²) in [5.74, 6) is 0.683. The third-order valence-corrected chi connectivity index (χ3v) is 3.18. The number of nitrogens with two attached hydrogens (primary N) is 1. The van der Waals surface area contributed by atoms with Crippen LogP contribution >= 0.6 is 0 Å². The van der Waals surface area contributed by atoms with E-state index in [1.165, 1.54) is 19.3 Å². The van der Waals surface area contributed by atoms with Crippen molar-refractivity contribution in [3.63, 3.8) is 0 Å². The van der Waals surface area contributed by atoms with Crippen molar-refractivity contribution >= 4 is 5.91 Å². The zero-order valence-corrected chi connectivity index (χ0v) is 8.04. The van der Waals surface area contributed by atoms with Gasteiger partial charge in [0.15, 0.2) is 0 Å². The number of hydrogen-bond acceptors (Lipinski definition) is 2. The summed E-state index contributed by atoms with van der Waals surface area (Å²) in [6, 6.07) is 0.243. The van der Waals surface area contributed by atoms with Crippen molar-refractivity contribution in [1.82, 2.24) is 4.90 Å². The lowest BCUT2D eigenvalue weighted by Crippen LogP contribution is -2.59. The van der Waals surface area contributed by atoms with Crippen LogP contribution < -0.4 is 5.73 Å². The van der Waals surface area contributed by atoms with Crippen LogP contribution in [0.25, 0.3) is 0 Å². The molecule has 1 saturated carbocycles. The van der Waals surface area contributed by atoms with E-state index >= 15 is 0 Å². The van der Waals surface area contributed by atoms with Crippen LogP contribution in [-0.2, 0) is 4.79 Å². The summed E-state index contributed by atoms with van der Waals surface area (Å²) >= 11 is 0. The second-order valence-corrected chi connectivity index (χ2v) is 4.34. The van der Waals surface area contributed by atoms with Gasteiger partial charge < -0.3 is 10.6 Å². The minimum absolute atomic E-state index is 0.243. The number of likely N-dealkylation sites (tertiary alicyclic amines) is 1. The van der Waals surface area contributed by atoms with Crippen LogP contribution in [0, 0.1) is 5.92 Å². The van der Waals surface area contributed by atoms with Crippen LogP contribution in [0.5, 0.6) is 0 Å². The van der Waals surface area contributed by atoms with E-state index < -0.39 is 0 Å². The Kier molecular flexibility index (Phi) is 2.54. The number of carbonyl (C=O) groups excluding carboxylic acids is 1. The second-order valence-electron chi connectivity index (χ2n) is 4.34. The molecular formula is C10H18N2O. The van der Waals surface area contributed by atoms with E-state index in [1.54, 1.807) is 0 Å². The normalized spacial score (nSPS) is 25.8. The molecule has 3 nitrogen and oxygen atoms in total. The van der Waals surface area contributed by atoms with Gasteiger partial charge >= 0.3 is 0 Å². The third kappa shape index (κ3) is 1.85. The first-order valence-electron chi connectivity index (χ1n) is 5.32. The largest absolute Gasteiger partial charge is 0.339 e. The summed E-state index contributed by atoms with van der Waals surface area (Å²) < 4.78 is 0. The molecule has 74 valence electrons. The summed E-state index contributed by atoms with van der Waals surface area (Å²) in [4.78, 5) is 13.7. The number of rotatable bonds is 1. The molecule has 1 amide bonds. The third-order valence-electron chi connectivity index (χ3n) is 3.18. The smallest absolute Gasteiger partial charge is 0.225 e. The highest BCUT2D eigenvalue weighted by Crippen LogP contribution is 2.26. The molecule has 2 fully saturated rings. The highest BCUT2D eigenvalue weighted by Gasteiger charge is 2.32. The number of hydrogen-bond donors (Lipinski definition) is 1. The monoisotopic (exact) mass is 182 g/mol. The second kappa shape index (κ2) is 3.66. The lowest BCUT2D eigenvalue weighted by atomic mass is 9.87. The molecule has 0 aromatic heterocycles. The Hall–Kier alpha value is -0.570. The maximum Gasteiger partial charge on any atom is 0.225 e. The van der Waals surface area contributed by atoms with E-state index in [2.05, 4.69) is 0 Å². The summed E-state index contributed by atoms with van der Waals surface area (Å²) in [5, 5.41) is 0. The highest BCUT2D eigenvalue weighted by molar-refractivity contribution is 5.79. The van der Waals surface area contributed by atoms with Gasteiger partial charge in [0, 0.05) is 25.0 Å². The minimum Gasteiger partial charge on any atom is -0.339 e. The molecule has 0 bridgehead atoms. The standard InChI is InChI=1S/C10H18N2O/c11-9-6-12(7-9)10(13)8-4-2-1-3-5-8/h8-9H,1-7,11H2. The molecule has 0 aromatic rings. The molecule has 1 aliphatic heterocycles. The molecule has 0 unspecified atom stereocenters. The Morgan fingerprint density at radius 3 is 2.31 bits per heavy atom. The number of amides is 1. The molecule has 0 aromatic carbocycles. The number of carbonyl (C=O) groups is 1. The average Bonchev–Trinajstić information content (AvgIpc) is 2.13. The molecular weight excluding hydrogens is 164 g/mol. The van der Waals surface area contributed by atoms with Gasteiger partial charge in [-0.2, -0.15) is 0 Å². The van der Waals surface area contributed by atoms with Gasteiger partial charge in [-0.3, -0.25) is 4.79 Å². The predicted octanol–water partition coefficient (Wildman–Crippen LogP) is 0.736. The molecule has 2 rings (SSSR count). The minimum atomic E-state index is 0.243. The van der Waals surface area contributed by atoms with Gasteiger partial charge in [-0.05, 0) is 12.8 Å². The van der Waals surface area contributed by atoms with Crippen molar-refractivity contribution < 1.29 is 4.79 Å². The fourth-order valence-electron chi connectivity index (χ4n) is 2.30. The van der Waals surface area contributed by atoms with Crippen molar-refractivity contribution in [2.24, 2.45) is 11.7 Å². The first-order chi connectivity index (χ1) is 6.27. The van der Waals surface area contributed by atoms with E-state index in [1.807, 2.05) is 4.90 Å². The lowest BCUT2D eigenvalue weighted by Gasteiger charge is -2.39. The Labute approximate surface area is 79.3 Å². The van der Waals surface area contributed by atoms with E-state index in [4.69, 9.17) is 5.73 Å². The molecule has 2 N–H and O–H groups in total. The van der Waals surface area contributed by atoms with E-state index in [-0.39, 0.29) is 6.04 Å². The summed E-state index contributed by atoms with van der Waals surface area (Å²) in [6.45, 7) is 1.57. The number of nitrogens with zero attached hydrogens (tertiary/aromatic N) is 1. The summed E-state index contributed by atoms with van der Waals surface area (Å²) in [6.07, 6.45) is 5.98. The zero-order chi connectivity index (χ0) is 9.26. The predicted molar refractivity (Wildman–Crippen MR) is 51.1 cm³/mol. The van der Waals surface area contributed by atoms with Gasteiger partial charge in [0.25, 0.3) is 0 Å². The van der Waals surface area contributed by atoms with E-state index in [0.717, 1.165) is 25.9 Å². The van der Waals surface area contributed by atoms with E-state index in [0.29, 0.717) is 11.8 Å². The SMILES string of the molecule is NC1CN(C(=O)C2CCCCC2)C1. The topological polar surface area (TPSA) is 46.3 Å². The van der Waals surface area contributed by atoms with Crippen LogP contribution in [0.4, 0.5) is 0 Å². The van der Waals surface area contributed by atoms with Crippen LogP contribution in [0.15, 0.2) is 0 Å². The van der Waals surface area contributed by atoms with Crippen LogP contribution in [0.2, 0.25) is 0 Å². The first-order valence-corrected chi connectivity index (χ1v) is 5.32. The Morgan fingerprint density at radius 1 is 1.15 bits per heavy atom. The fraction of sp³-hybridized carbons (Fsp3) is 0.900. The highest BCUT2D eigenvalue weighted by atomic mass is 16.2. The summed E-state index contributed by atoms with van der Waals surface area (Å²) in [7, 11) is 0. The molecule has 2 aliphatic rings. The van der Waals surface area contributed by atoms with Gasteiger partial charge in [0.05, 0.1) is 0 Å². The van der Waals surface area contributed by atoms with Crippen LogP contribution in [0.3, 0.4) is 0 Å². The molecule has 1 heterocycles. The van der Waals surface area contributed by atoms with Crippen LogP contribution in [-0.4, -0.2) is 29.9 Å². The zero-order valence-electron chi connectivity index (χ0n) is 8.04. The molecule has 1 saturated heterocycles. The van der Waals surface area contributed by atoms with E-state index in [9.17, 15) is 4.79 Å². The lowest BCUT2D eigenvalue weighted by molar-refractivity contribution is -0.140. The van der Waals surface area contributed by atoms with Crippen molar-refractivity contribution in [1.29, 1.82) is 0 Å². The molecule has 0 spiro atoms. The van der Waals surface area contributed by atoms with Crippen molar-refractivity contribution in [3.05, 3.63) is 0 Å². The Morgan fingerprint density at radius 2 is 1.77 bits per heavy atom. The quantitative estimate of drug-likeness (QED) is 0.650. The molecule has 13 heavy (non-hydrogen) atoms. The van der Waals surface area contributed by atoms with Crippen molar-refractivity contribution in [2.75, 3.05) is 13.1 Å². The Balaban J connectivity index is 1.82. The average molecular weight is 182 g/mol. The van der Waals surface area contributed by atoms with Crippen molar-refractivity contribution in [2.45, 2.75) is 38.1 Å². The van der Waals surface area contributed by atoms with Gasteiger partial charge in [-0.1, -0.05) is 19.3 Å². The molecule has 0 radical (unpaired) electrons. The molecule has 1 aliphatic carbocycles. The maximum atomic E-state index is 11.8. The molecule has 0 atom stereocenters. The Bertz CT molecular complexity index is 193. The first kappa shape index (κ1) is 9.00. The van der Waals surface area contributed by atoms with Gasteiger partial charge in [-0.15, -0.1) is 0 Å².